The van der Waals surface area contributed by atoms with Crippen molar-refractivity contribution in [1.82, 2.24) is 14.3 Å². The van der Waals surface area contributed by atoms with E-state index in [1.54, 1.807) is 6.20 Å². The third-order valence-corrected chi connectivity index (χ3v) is 6.20. The van der Waals surface area contributed by atoms with Crippen LogP contribution in [0.4, 0.5) is 4.39 Å². The van der Waals surface area contributed by atoms with Crippen molar-refractivity contribution in [2.24, 2.45) is 0 Å². The van der Waals surface area contributed by atoms with Gasteiger partial charge in [-0.25, -0.2) is 17.1 Å². The number of sulfonamides is 1. The summed E-state index contributed by atoms with van der Waals surface area (Å²) in [5, 5.41) is 9.64. The zero-order valence-electron chi connectivity index (χ0n) is 14.7. The molecule has 0 spiro atoms. The first-order valence-corrected chi connectivity index (χ1v) is 9.56. The Balaban J connectivity index is 2.28. The molecule has 8 nitrogen and oxygen atoms in total. The first-order chi connectivity index (χ1) is 12.6. The summed E-state index contributed by atoms with van der Waals surface area (Å²) >= 11 is 0. The number of benzene rings is 1. The minimum atomic E-state index is -4.02. The zero-order chi connectivity index (χ0) is 19.9. The van der Waals surface area contributed by atoms with Crippen LogP contribution in [0.1, 0.15) is 18.4 Å². The Morgan fingerprint density at radius 1 is 1.30 bits per heavy atom. The summed E-state index contributed by atoms with van der Waals surface area (Å²) in [5.41, 5.74) is 0.598. The predicted molar refractivity (Wildman–Crippen MR) is 97.8 cm³/mol. The van der Waals surface area contributed by atoms with Gasteiger partial charge in [0.2, 0.25) is 10.0 Å². The van der Waals surface area contributed by atoms with Crippen molar-refractivity contribution in [1.29, 1.82) is 0 Å². The first-order valence-electron chi connectivity index (χ1n) is 8.12. The van der Waals surface area contributed by atoms with Gasteiger partial charge in [-0.15, -0.1) is 0 Å². The number of aliphatic carboxylic acids is 1. The topological polar surface area (TPSA) is 123 Å². The largest absolute Gasteiger partial charge is 0.481 e. The van der Waals surface area contributed by atoms with Gasteiger partial charge in [-0.3, -0.25) is 9.59 Å². The van der Waals surface area contributed by atoms with Crippen LogP contribution in [0.25, 0.3) is 21.8 Å². The molecule has 1 aromatic carbocycles. The Labute approximate surface area is 153 Å². The molecule has 144 valence electrons. The summed E-state index contributed by atoms with van der Waals surface area (Å²) in [7, 11) is -1.42. The van der Waals surface area contributed by atoms with Gasteiger partial charge in [0.15, 0.2) is 0 Å². The Hall–Kier alpha value is -2.72. The molecule has 3 aromatic rings. The Morgan fingerprint density at radius 2 is 2.00 bits per heavy atom. The third kappa shape index (κ3) is 3.33. The van der Waals surface area contributed by atoms with Crippen LogP contribution in [0.3, 0.4) is 0 Å². The number of hydrogen-bond donors (Lipinski definition) is 3. The summed E-state index contributed by atoms with van der Waals surface area (Å²) < 4.78 is 40.2. The van der Waals surface area contributed by atoms with E-state index in [9.17, 15) is 22.4 Å². The molecule has 2 heterocycles. The highest BCUT2D eigenvalue weighted by atomic mass is 32.2. The molecule has 10 heteroatoms. The van der Waals surface area contributed by atoms with Gasteiger partial charge in [-0.1, -0.05) is 0 Å². The van der Waals surface area contributed by atoms with Crippen molar-refractivity contribution in [2.75, 3.05) is 14.1 Å². The maximum Gasteiger partial charge on any atom is 0.303 e. The minimum absolute atomic E-state index is 0.0390. The fraction of sp³-hybridized carbons (Fsp3) is 0.294. The van der Waals surface area contributed by atoms with Gasteiger partial charge in [-0.2, -0.15) is 0 Å². The molecular weight excluding hydrogens is 377 g/mol. The van der Waals surface area contributed by atoms with Gasteiger partial charge < -0.3 is 15.1 Å². The SMILES string of the molecule is CN(C)S(=O)(=O)c1cc2c(cc1F)[nH]c(=O)c1[nH]cc(CCCC(=O)O)c12. The zero-order valence-corrected chi connectivity index (χ0v) is 15.5. The summed E-state index contributed by atoms with van der Waals surface area (Å²) in [6.45, 7) is 0. The van der Waals surface area contributed by atoms with Crippen molar-refractivity contribution < 1.29 is 22.7 Å². The van der Waals surface area contributed by atoms with Crippen LogP contribution in [0.15, 0.2) is 28.0 Å². The highest BCUT2D eigenvalue weighted by Crippen LogP contribution is 2.30. The second kappa shape index (κ2) is 6.78. The average Bonchev–Trinajstić information content (AvgIpc) is 2.98. The van der Waals surface area contributed by atoms with E-state index < -0.39 is 32.3 Å². The van der Waals surface area contributed by atoms with E-state index in [2.05, 4.69) is 9.97 Å². The van der Waals surface area contributed by atoms with Gasteiger partial charge >= 0.3 is 5.97 Å². The second-order valence-electron chi connectivity index (χ2n) is 6.38. The van der Waals surface area contributed by atoms with Crippen LogP contribution in [-0.2, 0) is 21.2 Å². The number of nitrogens with zero attached hydrogens (tertiary/aromatic N) is 1. The number of carboxylic acids is 1. The van der Waals surface area contributed by atoms with Gasteiger partial charge in [0.05, 0.1) is 5.52 Å². The number of nitrogens with one attached hydrogen (secondary N) is 2. The average molecular weight is 395 g/mol. The molecule has 0 atom stereocenters. The molecule has 0 aliphatic rings. The molecule has 0 amide bonds. The summed E-state index contributed by atoms with van der Waals surface area (Å²) in [6, 6.07) is 2.19. The molecule has 0 aliphatic heterocycles. The van der Waals surface area contributed by atoms with Gasteiger partial charge in [0.1, 0.15) is 16.2 Å². The second-order valence-corrected chi connectivity index (χ2v) is 8.50. The quantitative estimate of drug-likeness (QED) is 0.587. The third-order valence-electron chi connectivity index (χ3n) is 4.37. The summed E-state index contributed by atoms with van der Waals surface area (Å²) in [5.74, 6) is -1.90. The Bertz CT molecular complexity index is 1210. The molecule has 2 aromatic heterocycles. The number of aromatic amines is 2. The summed E-state index contributed by atoms with van der Waals surface area (Å²) in [4.78, 5) is 27.9. The number of H-pyrrole nitrogens is 2. The minimum Gasteiger partial charge on any atom is -0.481 e. The number of aromatic nitrogens is 2. The molecule has 0 saturated heterocycles. The highest BCUT2D eigenvalue weighted by Gasteiger charge is 2.24. The molecular formula is C17H18FN3O5S. The number of hydrogen-bond acceptors (Lipinski definition) is 4. The maximum absolute atomic E-state index is 14.4. The van der Waals surface area contributed by atoms with Crippen molar-refractivity contribution in [2.45, 2.75) is 24.2 Å². The van der Waals surface area contributed by atoms with E-state index in [1.165, 1.54) is 20.2 Å². The molecule has 3 rings (SSSR count). The molecule has 3 N–H and O–H groups in total. The number of pyridine rings is 1. The van der Waals surface area contributed by atoms with Gasteiger partial charge in [0, 0.05) is 37.5 Å². The lowest BCUT2D eigenvalue weighted by Gasteiger charge is -2.13. The normalized spacial score (nSPS) is 12.3. The van der Waals surface area contributed by atoms with E-state index in [-0.39, 0.29) is 17.5 Å². The molecule has 0 radical (unpaired) electrons. The van der Waals surface area contributed by atoms with Crippen molar-refractivity contribution in [3.63, 3.8) is 0 Å². The molecule has 0 aliphatic carbocycles. The van der Waals surface area contributed by atoms with E-state index in [4.69, 9.17) is 5.11 Å². The molecule has 0 fully saturated rings. The lowest BCUT2D eigenvalue weighted by molar-refractivity contribution is -0.137. The van der Waals surface area contributed by atoms with E-state index in [0.29, 0.717) is 29.2 Å². The van der Waals surface area contributed by atoms with Gasteiger partial charge in [0.25, 0.3) is 5.56 Å². The number of carbonyl (C=O) groups is 1. The Kier molecular flexibility index (Phi) is 4.79. The number of halogens is 1. The Morgan fingerprint density at radius 3 is 2.63 bits per heavy atom. The lowest BCUT2D eigenvalue weighted by Crippen LogP contribution is -2.23. The highest BCUT2D eigenvalue weighted by molar-refractivity contribution is 7.89. The number of rotatable bonds is 6. The maximum atomic E-state index is 14.4. The number of carboxylic acid groups (broad SMARTS) is 1. The molecule has 0 bridgehead atoms. The van der Waals surface area contributed by atoms with Gasteiger partial charge in [-0.05, 0) is 30.5 Å². The number of fused-ring (bicyclic) bond motifs is 3. The standard InChI is InChI=1S/C17H18FN3O5S/c1-21(2)27(25,26)13-6-10-12(7-11(13)18)20-17(24)16-15(10)9(8-19-16)4-3-5-14(22)23/h6-8,19H,3-5H2,1-2H3,(H,20,24)(H,22,23). The van der Waals surface area contributed by atoms with Crippen molar-refractivity contribution >= 4 is 37.8 Å². The lowest BCUT2D eigenvalue weighted by atomic mass is 10.0. The molecule has 0 saturated carbocycles. The van der Waals surface area contributed by atoms with Crippen molar-refractivity contribution in [3.8, 4) is 0 Å². The van der Waals surface area contributed by atoms with E-state index >= 15 is 0 Å². The van der Waals surface area contributed by atoms with Crippen LogP contribution in [-0.4, -0.2) is 47.9 Å². The fourth-order valence-electron chi connectivity index (χ4n) is 3.02. The predicted octanol–water partition coefficient (Wildman–Crippen LogP) is 1.81. The van der Waals surface area contributed by atoms with Crippen LogP contribution in [0.2, 0.25) is 0 Å². The van der Waals surface area contributed by atoms with Crippen LogP contribution >= 0.6 is 0 Å². The fourth-order valence-corrected chi connectivity index (χ4v) is 3.99. The van der Waals surface area contributed by atoms with Crippen LogP contribution < -0.4 is 5.56 Å². The molecule has 27 heavy (non-hydrogen) atoms. The number of aryl methyl sites for hydroxylation is 1. The van der Waals surface area contributed by atoms with E-state index in [0.717, 1.165) is 10.4 Å². The monoisotopic (exact) mass is 395 g/mol. The summed E-state index contributed by atoms with van der Waals surface area (Å²) in [6.07, 6.45) is 2.27. The van der Waals surface area contributed by atoms with Crippen LogP contribution in [0.5, 0.6) is 0 Å². The van der Waals surface area contributed by atoms with E-state index in [1.807, 2.05) is 0 Å². The van der Waals surface area contributed by atoms with Crippen LogP contribution in [0, 0.1) is 5.82 Å². The van der Waals surface area contributed by atoms with Crippen molar-refractivity contribution in [3.05, 3.63) is 40.1 Å². The molecule has 0 unspecified atom stereocenters. The first kappa shape index (κ1) is 19.1. The smallest absolute Gasteiger partial charge is 0.303 e.